The summed E-state index contributed by atoms with van der Waals surface area (Å²) in [5.41, 5.74) is 13.5. The lowest BCUT2D eigenvalue weighted by atomic mass is 9.85. The number of hydrogen-bond acceptors (Lipinski definition) is 5. The third-order valence-electron chi connectivity index (χ3n) is 7.18. The summed E-state index contributed by atoms with van der Waals surface area (Å²) in [5.74, 6) is 0. The van der Waals surface area contributed by atoms with Crippen LogP contribution in [0.25, 0.3) is 0 Å². The SMILES string of the molecule is CC(C(C)(C)C)[N+](C)(C)CCCCC(N)C(N)(C(CCN(C)C)N(C)C)N(C)C. The maximum absolute atomic E-state index is 7.03. The van der Waals surface area contributed by atoms with Gasteiger partial charge in [0.05, 0.1) is 32.3 Å². The number of nitrogens with two attached hydrogens (primary N) is 2. The largest absolute Gasteiger partial charge is 0.326 e. The fourth-order valence-electron chi connectivity index (χ4n) is 4.52. The second-order valence-electron chi connectivity index (χ2n) is 11.5. The van der Waals surface area contributed by atoms with E-state index in [9.17, 15) is 0 Å². The first kappa shape index (κ1) is 28.8. The highest BCUT2D eigenvalue weighted by atomic mass is 15.3. The zero-order valence-electron chi connectivity index (χ0n) is 21.9. The Morgan fingerprint density at radius 1 is 0.897 bits per heavy atom. The minimum Gasteiger partial charge on any atom is -0.326 e. The van der Waals surface area contributed by atoms with Crippen LogP contribution in [0.15, 0.2) is 0 Å². The van der Waals surface area contributed by atoms with Gasteiger partial charge in [-0.05, 0) is 81.4 Å². The number of unbranched alkanes of at least 4 members (excludes halogenated alkanes) is 1. The van der Waals surface area contributed by atoms with E-state index < -0.39 is 5.66 Å². The number of rotatable bonds is 13. The predicted molar refractivity (Wildman–Crippen MR) is 129 cm³/mol. The third-order valence-corrected chi connectivity index (χ3v) is 7.18. The van der Waals surface area contributed by atoms with Gasteiger partial charge in [0.15, 0.2) is 0 Å². The van der Waals surface area contributed by atoms with Gasteiger partial charge in [-0.1, -0.05) is 20.8 Å². The van der Waals surface area contributed by atoms with Crippen LogP contribution in [0.4, 0.5) is 0 Å². The van der Waals surface area contributed by atoms with Crippen LogP contribution in [0, 0.1) is 5.41 Å². The third kappa shape index (κ3) is 8.42. The minimum absolute atomic E-state index is 0.0669. The lowest BCUT2D eigenvalue weighted by molar-refractivity contribution is -0.920. The van der Waals surface area contributed by atoms with Gasteiger partial charge in [-0.3, -0.25) is 4.90 Å². The molecule has 4 N–H and O–H groups in total. The van der Waals surface area contributed by atoms with Crippen molar-refractivity contribution in [3.63, 3.8) is 0 Å². The highest BCUT2D eigenvalue weighted by Gasteiger charge is 2.43. The van der Waals surface area contributed by atoms with Crippen molar-refractivity contribution in [1.82, 2.24) is 14.7 Å². The second-order valence-corrected chi connectivity index (χ2v) is 11.5. The zero-order chi connectivity index (χ0) is 23.2. The maximum atomic E-state index is 7.03. The molecule has 0 spiro atoms. The minimum atomic E-state index is -0.553. The smallest absolute Gasteiger partial charge is 0.0997 e. The van der Waals surface area contributed by atoms with Gasteiger partial charge in [0.2, 0.25) is 0 Å². The molecule has 0 rings (SSSR count). The summed E-state index contributed by atoms with van der Waals surface area (Å²) in [6.45, 7) is 11.5. The Kier molecular flexibility index (Phi) is 11.3. The van der Waals surface area contributed by atoms with Gasteiger partial charge in [-0.25, -0.2) is 0 Å². The van der Waals surface area contributed by atoms with Gasteiger partial charge in [-0.15, -0.1) is 0 Å². The molecule has 0 aliphatic heterocycles. The van der Waals surface area contributed by atoms with Crippen molar-refractivity contribution in [3.05, 3.63) is 0 Å². The predicted octanol–water partition coefficient (Wildman–Crippen LogP) is 2.09. The molecule has 0 heterocycles. The van der Waals surface area contributed by atoms with E-state index in [1.54, 1.807) is 0 Å². The fourth-order valence-corrected chi connectivity index (χ4v) is 4.52. The molecule has 4 unspecified atom stereocenters. The van der Waals surface area contributed by atoms with E-state index in [0.29, 0.717) is 11.5 Å². The number of quaternary nitrogens is 1. The Hall–Kier alpha value is -0.240. The van der Waals surface area contributed by atoms with E-state index in [1.165, 1.54) is 13.0 Å². The number of hydrogen-bond donors (Lipinski definition) is 2. The summed E-state index contributed by atoms with van der Waals surface area (Å²) in [5, 5.41) is 0. The first-order valence-electron chi connectivity index (χ1n) is 11.3. The average molecular weight is 416 g/mol. The molecule has 0 aromatic carbocycles. The van der Waals surface area contributed by atoms with Crippen molar-refractivity contribution >= 4 is 0 Å². The molecule has 6 heteroatoms. The van der Waals surface area contributed by atoms with Crippen molar-refractivity contribution in [3.8, 4) is 0 Å². The zero-order valence-corrected chi connectivity index (χ0v) is 21.9. The molecule has 0 aromatic heterocycles. The van der Waals surface area contributed by atoms with E-state index in [0.717, 1.165) is 30.3 Å². The van der Waals surface area contributed by atoms with E-state index in [4.69, 9.17) is 11.5 Å². The molecule has 0 radical (unpaired) electrons. The van der Waals surface area contributed by atoms with E-state index >= 15 is 0 Å². The Balaban J connectivity index is 5.04. The van der Waals surface area contributed by atoms with Crippen LogP contribution in [0.2, 0.25) is 0 Å². The van der Waals surface area contributed by atoms with Gasteiger partial charge in [0.25, 0.3) is 0 Å². The molecule has 0 aliphatic rings. The van der Waals surface area contributed by atoms with Crippen LogP contribution in [0.3, 0.4) is 0 Å². The molecule has 0 fully saturated rings. The van der Waals surface area contributed by atoms with Crippen molar-refractivity contribution in [2.75, 3.05) is 69.5 Å². The van der Waals surface area contributed by atoms with Gasteiger partial charge in [0, 0.05) is 17.5 Å². The summed E-state index contributed by atoms with van der Waals surface area (Å²) in [7, 11) is 17.3. The normalized spacial score (nSPS) is 18.9. The monoisotopic (exact) mass is 415 g/mol. The second kappa shape index (κ2) is 11.4. The highest BCUT2D eigenvalue weighted by Crippen LogP contribution is 2.28. The molecule has 0 saturated heterocycles. The standard InChI is InChI=1S/C23H55N6/c1-19(22(2,3)4)29(11,12)18-14-13-15-20(24)23(25,28(9)10)21(27(7)8)16-17-26(5)6/h19-21H,13-18,24-25H2,1-12H3/q+1. The van der Waals surface area contributed by atoms with Crippen molar-refractivity contribution in [2.24, 2.45) is 16.9 Å². The molecule has 0 aliphatic carbocycles. The van der Waals surface area contributed by atoms with Crippen molar-refractivity contribution in [2.45, 2.75) is 77.2 Å². The van der Waals surface area contributed by atoms with E-state index in [1.807, 2.05) is 0 Å². The highest BCUT2D eigenvalue weighted by molar-refractivity contribution is 5.01. The quantitative estimate of drug-likeness (QED) is 0.274. The molecule has 0 bridgehead atoms. The number of likely N-dealkylation sites (N-methyl/N-ethyl adjacent to an activating group) is 2. The first-order valence-corrected chi connectivity index (χ1v) is 11.3. The molecule has 0 saturated carbocycles. The lowest BCUT2D eigenvalue weighted by Crippen LogP contribution is -2.73. The fraction of sp³-hybridized carbons (Fsp3) is 1.00. The van der Waals surface area contributed by atoms with E-state index in [-0.39, 0.29) is 12.1 Å². The van der Waals surface area contributed by atoms with Crippen LogP contribution < -0.4 is 11.5 Å². The van der Waals surface area contributed by atoms with E-state index in [2.05, 4.69) is 98.8 Å². The molecule has 0 aromatic rings. The van der Waals surface area contributed by atoms with Crippen molar-refractivity contribution < 1.29 is 4.48 Å². The van der Waals surface area contributed by atoms with Gasteiger partial charge in [0.1, 0.15) is 0 Å². The van der Waals surface area contributed by atoms with Crippen molar-refractivity contribution in [1.29, 1.82) is 0 Å². The van der Waals surface area contributed by atoms with Gasteiger partial charge < -0.3 is 25.8 Å². The first-order chi connectivity index (χ1) is 13.0. The Morgan fingerprint density at radius 3 is 1.79 bits per heavy atom. The topological polar surface area (TPSA) is 61.8 Å². The Labute approximate surface area is 183 Å². The van der Waals surface area contributed by atoms with Gasteiger partial charge in [-0.2, -0.15) is 0 Å². The van der Waals surface area contributed by atoms with Crippen LogP contribution in [-0.4, -0.2) is 112 Å². The summed E-state index contributed by atoms with van der Waals surface area (Å²) in [6.07, 6.45) is 4.23. The van der Waals surface area contributed by atoms with Crippen LogP contribution in [0.1, 0.15) is 53.4 Å². The molecule has 29 heavy (non-hydrogen) atoms. The molecule has 6 nitrogen and oxygen atoms in total. The van der Waals surface area contributed by atoms with Crippen LogP contribution in [-0.2, 0) is 0 Å². The Morgan fingerprint density at radius 2 is 1.41 bits per heavy atom. The molecular weight excluding hydrogens is 360 g/mol. The average Bonchev–Trinajstić information content (AvgIpc) is 2.55. The summed E-state index contributed by atoms with van der Waals surface area (Å²) < 4.78 is 1.04. The summed E-state index contributed by atoms with van der Waals surface area (Å²) >= 11 is 0. The van der Waals surface area contributed by atoms with Gasteiger partial charge >= 0.3 is 0 Å². The maximum Gasteiger partial charge on any atom is 0.0997 e. The van der Waals surface area contributed by atoms with Crippen LogP contribution in [0.5, 0.6) is 0 Å². The summed E-state index contributed by atoms with van der Waals surface area (Å²) in [4.78, 5) is 6.60. The number of nitrogens with zero attached hydrogens (tertiary/aromatic N) is 4. The lowest BCUT2D eigenvalue weighted by Gasteiger charge is -2.49. The molecule has 176 valence electrons. The molecular formula is C23H55N6+. The van der Waals surface area contributed by atoms with Crippen LogP contribution >= 0.6 is 0 Å². The summed E-state index contributed by atoms with van der Waals surface area (Å²) in [6, 6.07) is 0.737. The Bertz CT molecular complexity index is 455. The molecule has 0 amide bonds. The molecule has 4 atom stereocenters.